The van der Waals surface area contributed by atoms with Gasteiger partial charge in [-0.15, -0.1) is 11.3 Å². The maximum Gasteiger partial charge on any atom is 0.355 e. The molecule has 0 saturated carbocycles. The van der Waals surface area contributed by atoms with Crippen molar-refractivity contribution in [1.29, 1.82) is 0 Å². The van der Waals surface area contributed by atoms with Crippen LogP contribution in [0.3, 0.4) is 0 Å². The summed E-state index contributed by atoms with van der Waals surface area (Å²) in [5, 5.41) is 1.21. The molecule has 0 unspecified atom stereocenters. The molecule has 3 aromatic carbocycles. The van der Waals surface area contributed by atoms with Crippen LogP contribution < -0.4 is 9.47 Å². The Balaban J connectivity index is 1.55. The lowest BCUT2D eigenvalue weighted by molar-refractivity contribution is 0.0733. The molecule has 0 aliphatic carbocycles. The lowest BCUT2D eigenvalue weighted by atomic mass is 10.1. The van der Waals surface area contributed by atoms with Gasteiger partial charge in [0.15, 0.2) is 17.3 Å². The Hall–Kier alpha value is -3.48. The summed E-state index contributed by atoms with van der Waals surface area (Å²) < 4.78 is 12.2. The minimum absolute atomic E-state index is 0.00829. The van der Waals surface area contributed by atoms with Crippen LogP contribution in [0.15, 0.2) is 71.7 Å². The van der Waals surface area contributed by atoms with E-state index in [9.17, 15) is 9.59 Å². The monoisotopic (exact) mass is 477 g/mol. The second-order valence-corrected chi connectivity index (χ2v) is 8.56. The predicted octanol–water partition coefficient (Wildman–Crippen LogP) is 7.13. The number of fused-ring (bicyclic) bond motifs is 1. The van der Waals surface area contributed by atoms with Gasteiger partial charge in [0.05, 0.1) is 17.3 Å². The zero-order valence-corrected chi connectivity index (χ0v) is 19.6. The predicted molar refractivity (Wildman–Crippen MR) is 133 cm³/mol. The highest BCUT2D eigenvalue weighted by atomic mass is 35.5. The molecule has 0 spiro atoms. The van der Waals surface area contributed by atoms with Crippen molar-refractivity contribution < 1.29 is 19.1 Å². The van der Waals surface area contributed by atoms with Crippen LogP contribution in [0.1, 0.15) is 39.4 Å². The summed E-state index contributed by atoms with van der Waals surface area (Å²) in [7, 11) is 0. The molecule has 5 nitrogen and oxygen atoms in total. The molecular formula is C26H20ClNO4S. The van der Waals surface area contributed by atoms with Gasteiger partial charge in [0.2, 0.25) is 0 Å². The normalized spacial score (nSPS) is 11.1. The van der Waals surface area contributed by atoms with Gasteiger partial charge in [-0.2, -0.15) is 0 Å². The van der Waals surface area contributed by atoms with Crippen LogP contribution in [0.4, 0.5) is 5.69 Å². The number of carbonyl (C=O) groups is 2. The number of aliphatic imine (C=N–C) groups is 1. The van der Waals surface area contributed by atoms with Gasteiger partial charge in [0, 0.05) is 21.9 Å². The van der Waals surface area contributed by atoms with E-state index in [1.54, 1.807) is 48.7 Å². The fourth-order valence-electron chi connectivity index (χ4n) is 3.18. The number of esters is 1. The van der Waals surface area contributed by atoms with Crippen molar-refractivity contribution in [3.05, 3.63) is 87.8 Å². The van der Waals surface area contributed by atoms with Crippen molar-refractivity contribution >= 4 is 56.7 Å². The van der Waals surface area contributed by atoms with Crippen LogP contribution in [0.2, 0.25) is 5.02 Å². The Kier molecular flexibility index (Phi) is 6.87. The number of ketones is 1. The molecule has 0 fully saturated rings. The highest BCUT2D eigenvalue weighted by Crippen LogP contribution is 2.37. The number of ether oxygens (including phenoxy) is 2. The second kappa shape index (κ2) is 9.98. The maximum atomic E-state index is 12.8. The van der Waals surface area contributed by atoms with Gasteiger partial charge >= 0.3 is 5.97 Å². The second-order valence-electron chi connectivity index (χ2n) is 7.13. The molecule has 0 atom stereocenters. The fourth-order valence-corrected chi connectivity index (χ4v) is 4.57. The molecule has 0 aliphatic heterocycles. The van der Waals surface area contributed by atoms with Crippen molar-refractivity contribution in [1.82, 2.24) is 0 Å². The quantitative estimate of drug-likeness (QED) is 0.123. The number of nitrogens with zero attached hydrogens (tertiary/aromatic N) is 1. The average Bonchev–Trinajstić information content (AvgIpc) is 3.16. The number of Topliss-reactive ketones (excluding diaryl/α,β-unsaturated/α-hetero) is 1. The number of thiophene rings is 1. The van der Waals surface area contributed by atoms with Gasteiger partial charge in [-0.3, -0.25) is 9.79 Å². The number of hydrogen-bond donors (Lipinski definition) is 0. The lowest BCUT2D eigenvalue weighted by Crippen LogP contribution is -2.08. The first kappa shape index (κ1) is 22.7. The van der Waals surface area contributed by atoms with Gasteiger partial charge in [-0.25, -0.2) is 4.79 Å². The molecule has 4 aromatic rings. The molecule has 0 aliphatic rings. The summed E-state index contributed by atoms with van der Waals surface area (Å²) in [6, 6.07) is 19.8. The van der Waals surface area contributed by atoms with Gasteiger partial charge in [0.1, 0.15) is 4.88 Å². The number of rotatable bonds is 7. The first-order chi connectivity index (χ1) is 16.0. The largest absolute Gasteiger partial charge is 0.490 e. The average molecular weight is 478 g/mol. The Labute approximate surface area is 200 Å². The van der Waals surface area contributed by atoms with Crippen molar-refractivity contribution in [3.63, 3.8) is 0 Å². The highest BCUT2D eigenvalue weighted by molar-refractivity contribution is 7.21. The Morgan fingerprint density at radius 2 is 1.79 bits per heavy atom. The third-order valence-corrected chi connectivity index (χ3v) is 6.48. The van der Waals surface area contributed by atoms with Gasteiger partial charge in [-0.1, -0.05) is 29.8 Å². The molecule has 0 N–H and O–H groups in total. The summed E-state index contributed by atoms with van der Waals surface area (Å²) in [5.41, 5.74) is 2.12. The molecule has 7 heteroatoms. The van der Waals surface area contributed by atoms with E-state index in [0.29, 0.717) is 39.3 Å². The van der Waals surface area contributed by atoms with E-state index in [2.05, 4.69) is 4.99 Å². The molecule has 0 saturated heterocycles. The van der Waals surface area contributed by atoms with E-state index >= 15 is 0 Å². The summed E-state index contributed by atoms with van der Waals surface area (Å²) >= 11 is 7.71. The number of benzene rings is 3. The van der Waals surface area contributed by atoms with Gasteiger partial charge in [-0.05, 0) is 67.9 Å². The van der Waals surface area contributed by atoms with Gasteiger partial charge < -0.3 is 9.47 Å². The van der Waals surface area contributed by atoms with Crippen LogP contribution in [-0.4, -0.2) is 24.6 Å². The number of carbonyl (C=O) groups excluding carboxylic acids is 2. The summed E-state index contributed by atoms with van der Waals surface area (Å²) in [6.45, 7) is 3.78. The molecule has 1 heterocycles. The van der Waals surface area contributed by atoms with E-state index in [-0.39, 0.29) is 5.78 Å². The summed E-state index contributed by atoms with van der Waals surface area (Å²) in [6.07, 6.45) is 1.68. The van der Waals surface area contributed by atoms with Crippen molar-refractivity contribution in [2.24, 2.45) is 4.99 Å². The van der Waals surface area contributed by atoms with E-state index < -0.39 is 5.97 Å². The molecule has 0 amide bonds. The number of hydrogen-bond acceptors (Lipinski definition) is 6. The summed E-state index contributed by atoms with van der Waals surface area (Å²) in [5.74, 6) is 0.209. The van der Waals surface area contributed by atoms with Crippen molar-refractivity contribution in [3.8, 4) is 11.5 Å². The van der Waals surface area contributed by atoms with E-state index in [4.69, 9.17) is 21.1 Å². The smallest absolute Gasteiger partial charge is 0.355 e. The topological polar surface area (TPSA) is 65.0 Å². The summed E-state index contributed by atoms with van der Waals surface area (Å²) in [4.78, 5) is 29.0. The Morgan fingerprint density at radius 1 is 1.03 bits per heavy atom. The zero-order chi connectivity index (χ0) is 23.4. The molecule has 0 radical (unpaired) electrons. The van der Waals surface area contributed by atoms with E-state index in [1.807, 2.05) is 31.2 Å². The van der Waals surface area contributed by atoms with Crippen molar-refractivity contribution in [2.45, 2.75) is 13.8 Å². The first-order valence-electron chi connectivity index (χ1n) is 10.3. The van der Waals surface area contributed by atoms with Crippen LogP contribution in [-0.2, 0) is 0 Å². The third kappa shape index (κ3) is 5.13. The third-order valence-electron chi connectivity index (χ3n) is 4.83. The molecule has 0 bridgehead atoms. The Morgan fingerprint density at radius 3 is 2.48 bits per heavy atom. The SMILES string of the molecule is CCOc1cc(C=Nc2ccc(C(C)=O)cc2)ccc1OC(=O)c1sc2ccccc2c1Cl. The minimum Gasteiger partial charge on any atom is -0.490 e. The van der Waals surface area contributed by atoms with E-state index in [1.165, 1.54) is 18.3 Å². The molecule has 1 aromatic heterocycles. The van der Waals surface area contributed by atoms with Crippen LogP contribution in [0, 0.1) is 0 Å². The van der Waals surface area contributed by atoms with Crippen LogP contribution in [0.5, 0.6) is 11.5 Å². The zero-order valence-electron chi connectivity index (χ0n) is 18.0. The fraction of sp³-hybridized carbons (Fsp3) is 0.115. The lowest BCUT2D eigenvalue weighted by Gasteiger charge is -2.11. The molecule has 4 rings (SSSR count). The van der Waals surface area contributed by atoms with E-state index in [0.717, 1.165) is 15.6 Å². The highest BCUT2D eigenvalue weighted by Gasteiger charge is 2.20. The molecule has 166 valence electrons. The van der Waals surface area contributed by atoms with Gasteiger partial charge in [0.25, 0.3) is 0 Å². The Bertz CT molecular complexity index is 1360. The van der Waals surface area contributed by atoms with Crippen LogP contribution in [0.25, 0.3) is 10.1 Å². The van der Waals surface area contributed by atoms with Crippen LogP contribution >= 0.6 is 22.9 Å². The minimum atomic E-state index is -0.533. The molecule has 33 heavy (non-hydrogen) atoms. The molecular weight excluding hydrogens is 458 g/mol. The number of halogens is 1. The standard InChI is InChI=1S/C26H20ClNO4S/c1-3-31-22-14-17(15-28-19-11-9-18(10-12-19)16(2)29)8-13-21(22)32-26(30)25-24(27)20-6-4-5-7-23(20)33-25/h4-15H,3H2,1-2H3. The first-order valence-corrected chi connectivity index (χ1v) is 11.5. The maximum absolute atomic E-state index is 12.8. The van der Waals surface area contributed by atoms with Crippen molar-refractivity contribution in [2.75, 3.05) is 6.61 Å².